The quantitative estimate of drug-likeness (QED) is 0.758. The Morgan fingerprint density at radius 1 is 1.17 bits per heavy atom. The number of hydrogen-bond acceptors (Lipinski definition) is 3. The van der Waals surface area contributed by atoms with Crippen LogP contribution in [-0.2, 0) is 11.3 Å². The van der Waals surface area contributed by atoms with Crippen molar-refractivity contribution in [3.8, 4) is 0 Å². The third kappa shape index (κ3) is 5.34. The van der Waals surface area contributed by atoms with Crippen LogP contribution in [0.4, 0.5) is 4.79 Å². The van der Waals surface area contributed by atoms with Crippen LogP contribution in [0, 0.1) is 0 Å². The van der Waals surface area contributed by atoms with Gasteiger partial charge in [0.2, 0.25) is 5.91 Å². The van der Waals surface area contributed by atoms with Gasteiger partial charge in [-0.05, 0) is 30.7 Å². The van der Waals surface area contributed by atoms with Gasteiger partial charge in [-0.15, -0.1) is 0 Å². The highest BCUT2D eigenvalue weighted by atomic mass is 35.5. The lowest BCUT2D eigenvalue weighted by Crippen LogP contribution is -2.42. The summed E-state index contributed by atoms with van der Waals surface area (Å²) in [6.07, 6.45) is 1.53. The summed E-state index contributed by atoms with van der Waals surface area (Å²) in [4.78, 5) is 23.4. The minimum atomic E-state index is -0.439. The fraction of sp³-hybridized carbons (Fsp3) is 0.250. The number of halogens is 1. The topological polar surface area (TPSA) is 83.4 Å². The number of hydrogen-bond donors (Lipinski definition) is 3. The zero-order chi connectivity index (χ0) is 16.7. The minimum absolute atomic E-state index is 0.123. The highest BCUT2D eigenvalue weighted by Gasteiger charge is 2.12. The number of rotatable bonds is 6. The second-order valence-corrected chi connectivity index (χ2v) is 5.33. The van der Waals surface area contributed by atoms with Gasteiger partial charge in [-0.1, -0.05) is 29.8 Å². The van der Waals surface area contributed by atoms with Crippen LogP contribution in [0.5, 0.6) is 0 Å². The Hall–Kier alpha value is -2.47. The molecular formula is C16H18ClN3O3. The first kappa shape index (κ1) is 16.9. The van der Waals surface area contributed by atoms with Crippen LogP contribution in [0.25, 0.3) is 0 Å². The summed E-state index contributed by atoms with van der Waals surface area (Å²) < 4.78 is 5.10. The summed E-state index contributed by atoms with van der Waals surface area (Å²) in [5.41, 5.74) is 0.812. The van der Waals surface area contributed by atoms with Gasteiger partial charge in [0.05, 0.1) is 25.4 Å². The number of carbonyl (C=O) groups is 2. The Labute approximate surface area is 139 Å². The lowest BCUT2D eigenvalue weighted by atomic mass is 10.1. The molecule has 0 bridgehead atoms. The summed E-state index contributed by atoms with van der Waals surface area (Å²) >= 11 is 6.08. The third-order valence-electron chi connectivity index (χ3n) is 3.17. The Balaban J connectivity index is 1.72. The molecule has 1 unspecified atom stereocenters. The lowest BCUT2D eigenvalue weighted by Gasteiger charge is -2.16. The first-order valence-corrected chi connectivity index (χ1v) is 7.52. The first-order chi connectivity index (χ1) is 11.1. The van der Waals surface area contributed by atoms with Gasteiger partial charge in [0.15, 0.2) is 0 Å². The molecule has 0 aliphatic heterocycles. The van der Waals surface area contributed by atoms with E-state index < -0.39 is 6.03 Å². The van der Waals surface area contributed by atoms with Crippen molar-refractivity contribution in [2.75, 3.05) is 6.54 Å². The highest BCUT2D eigenvalue weighted by Crippen LogP contribution is 2.21. The number of carbonyl (C=O) groups excluding carboxylic acids is 2. The molecule has 0 fully saturated rings. The zero-order valence-electron chi connectivity index (χ0n) is 12.6. The van der Waals surface area contributed by atoms with E-state index in [9.17, 15) is 9.59 Å². The molecule has 3 amide bonds. The van der Waals surface area contributed by atoms with Gasteiger partial charge in [0, 0.05) is 5.02 Å². The molecule has 0 saturated heterocycles. The molecule has 7 heteroatoms. The normalized spacial score (nSPS) is 11.6. The average molecular weight is 336 g/mol. The fourth-order valence-electron chi connectivity index (χ4n) is 1.97. The van der Waals surface area contributed by atoms with Gasteiger partial charge in [-0.3, -0.25) is 4.79 Å². The molecule has 1 heterocycles. The molecule has 2 aromatic rings. The van der Waals surface area contributed by atoms with Gasteiger partial charge in [-0.25, -0.2) is 4.79 Å². The maximum atomic E-state index is 11.8. The second-order valence-electron chi connectivity index (χ2n) is 4.93. The van der Waals surface area contributed by atoms with Crippen LogP contribution >= 0.6 is 11.6 Å². The molecule has 0 aliphatic carbocycles. The van der Waals surface area contributed by atoms with E-state index in [1.807, 2.05) is 25.1 Å². The second kappa shape index (κ2) is 8.24. The number of furan rings is 1. The largest absolute Gasteiger partial charge is 0.467 e. The molecule has 1 aromatic carbocycles. The fourth-order valence-corrected chi connectivity index (χ4v) is 2.27. The SMILES string of the molecule is CC(NC(=O)NCC(=O)NCc1ccco1)c1ccccc1Cl. The number of amides is 3. The smallest absolute Gasteiger partial charge is 0.315 e. The highest BCUT2D eigenvalue weighted by molar-refractivity contribution is 6.31. The molecule has 3 N–H and O–H groups in total. The van der Waals surface area contributed by atoms with E-state index in [1.54, 1.807) is 18.2 Å². The summed E-state index contributed by atoms with van der Waals surface area (Å²) in [5, 5.41) is 8.44. The molecular weight excluding hydrogens is 318 g/mol. The van der Waals surface area contributed by atoms with Crippen LogP contribution in [-0.4, -0.2) is 18.5 Å². The average Bonchev–Trinajstić information content (AvgIpc) is 3.04. The standard InChI is InChI=1S/C16H18ClN3O3/c1-11(13-6-2-3-7-14(13)17)20-16(22)19-10-15(21)18-9-12-5-4-8-23-12/h2-8,11H,9-10H2,1H3,(H,18,21)(H2,19,20,22). The Bertz CT molecular complexity index is 658. The maximum absolute atomic E-state index is 11.8. The molecule has 1 atom stereocenters. The van der Waals surface area contributed by atoms with Crippen molar-refractivity contribution in [2.45, 2.75) is 19.5 Å². The van der Waals surface area contributed by atoms with Crippen molar-refractivity contribution in [3.63, 3.8) is 0 Å². The maximum Gasteiger partial charge on any atom is 0.315 e. The van der Waals surface area contributed by atoms with Crippen molar-refractivity contribution in [3.05, 3.63) is 59.0 Å². The predicted octanol–water partition coefficient (Wildman–Crippen LogP) is 2.61. The van der Waals surface area contributed by atoms with Gasteiger partial charge in [0.25, 0.3) is 0 Å². The Kier molecular flexibility index (Phi) is 6.05. The lowest BCUT2D eigenvalue weighted by molar-refractivity contribution is -0.120. The van der Waals surface area contributed by atoms with Crippen LogP contribution in [0.2, 0.25) is 5.02 Å². The van der Waals surface area contributed by atoms with E-state index in [2.05, 4.69) is 16.0 Å². The van der Waals surface area contributed by atoms with Crippen LogP contribution < -0.4 is 16.0 Å². The van der Waals surface area contributed by atoms with Crippen molar-refractivity contribution in [2.24, 2.45) is 0 Å². The molecule has 2 rings (SSSR count). The molecule has 0 spiro atoms. The number of urea groups is 1. The summed E-state index contributed by atoms with van der Waals surface area (Å²) in [6.45, 7) is 1.98. The van der Waals surface area contributed by atoms with E-state index >= 15 is 0 Å². The molecule has 0 saturated carbocycles. The van der Waals surface area contributed by atoms with E-state index in [-0.39, 0.29) is 25.0 Å². The van der Waals surface area contributed by atoms with Gasteiger partial charge < -0.3 is 20.4 Å². The van der Waals surface area contributed by atoms with E-state index in [0.717, 1.165) is 5.56 Å². The summed E-state index contributed by atoms with van der Waals surface area (Å²) in [7, 11) is 0. The molecule has 23 heavy (non-hydrogen) atoms. The predicted molar refractivity (Wildman–Crippen MR) is 87.0 cm³/mol. The minimum Gasteiger partial charge on any atom is -0.467 e. The molecule has 0 radical (unpaired) electrons. The Morgan fingerprint density at radius 3 is 2.65 bits per heavy atom. The van der Waals surface area contributed by atoms with Crippen LogP contribution in [0.15, 0.2) is 47.1 Å². The van der Waals surface area contributed by atoms with Crippen molar-refractivity contribution in [1.29, 1.82) is 0 Å². The number of nitrogens with one attached hydrogen (secondary N) is 3. The van der Waals surface area contributed by atoms with Gasteiger partial charge in [0.1, 0.15) is 5.76 Å². The van der Waals surface area contributed by atoms with Crippen molar-refractivity contribution in [1.82, 2.24) is 16.0 Å². The monoisotopic (exact) mass is 335 g/mol. The van der Waals surface area contributed by atoms with E-state index in [0.29, 0.717) is 10.8 Å². The molecule has 6 nitrogen and oxygen atoms in total. The molecule has 1 aromatic heterocycles. The van der Waals surface area contributed by atoms with Crippen molar-refractivity contribution < 1.29 is 14.0 Å². The number of benzene rings is 1. The van der Waals surface area contributed by atoms with Crippen LogP contribution in [0.1, 0.15) is 24.3 Å². The summed E-state index contributed by atoms with van der Waals surface area (Å²) in [5.74, 6) is 0.345. The van der Waals surface area contributed by atoms with E-state index in [4.69, 9.17) is 16.0 Å². The first-order valence-electron chi connectivity index (χ1n) is 7.14. The van der Waals surface area contributed by atoms with Crippen molar-refractivity contribution >= 4 is 23.5 Å². The van der Waals surface area contributed by atoms with E-state index in [1.165, 1.54) is 6.26 Å². The third-order valence-corrected chi connectivity index (χ3v) is 3.51. The van der Waals surface area contributed by atoms with Crippen LogP contribution in [0.3, 0.4) is 0 Å². The summed E-state index contributed by atoms with van der Waals surface area (Å²) in [6, 6.07) is 10.1. The van der Waals surface area contributed by atoms with Gasteiger partial charge >= 0.3 is 6.03 Å². The van der Waals surface area contributed by atoms with Gasteiger partial charge in [-0.2, -0.15) is 0 Å². The molecule has 122 valence electrons. The molecule has 0 aliphatic rings. The zero-order valence-corrected chi connectivity index (χ0v) is 13.4. The Morgan fingerprint density at radius 2 is 1.96 bits per heavy atom.